The highest BCUT2D eigenvalue weighted by Gasteiger charge is 2.44. The van der Waals surface area contributed by atoms with Crippen molar-refractivity contribution in [1.82, 2.24) is 0 Å². The number of ether oxygens (including phenoxy) is 3. The lowest BCUT2D eigenvalue weighted by Crippen LogP contribution is -2.53. The lowest BCUT2D eigenvalue weighted by molar-refractivity contribution is -0.161. The molecule has 2 atom stereocenters. The molecule has 3 aromatic carbocycles. The zero-order chi connectivity index (χ0) is 21.4. The third-order valence-electron chi connectivity index (χ3n) is 4.77. The zero-order valence-corrected chi connectivity index (χ0v) is 17.2. The first-order valence-corrected chi connectivity index (χ1v) is 9.92. The van der Waals surface area contributed by atoms with E-state index in [4.69, 9.17) is 14.2 Å². The summed E-state index contributed by atoms with van der Waals surface area (Å²) in [7, 11) is 0. The van der Waals surface area contributed by atoms with Crippen LogP contribution in [0.5, 0.6) is 17.2 Å². The Bertz CT molecular complexity index is 942. The van der Waals surface area contributed by atoms with Gasteiger partial charge in [-0.3, -0.25) is 0 Å². The summed E-state index contributed by atoms with van der Waals surface area (Å²) in [6.07, 6.45) is -0.707. The summed E-state index contributed by atoms with van der Waals surface area (Å²) in [6, 6.07) is 25.5. The van der Waals surface area contributed by atoms with E-state index in [9.17, 15) is 9.90 Å². The Morgan fingerprint density at radius 3 is 2.17 bits per heavy atom. The smallest absolute Gasteiger partial charge is 0.358 e. The lowest BCUT2D eigenvalue weighted by Gasteiger charge is -2.32. The highest BCUT2D eigenvalue weighted by atomic mass is 16.6. The van der Waals surface area contributed by atoms with Gasteiger partial charge >= 0.3 is 5.97 Å². The van der Waals surface area contributed by atoms with E-state index in [0.29, 0.717) is 30.3 Å². The number of para-hydroxylation sites is 1. The van der Waals surface area contributed by atoms with Crippen molar-refractivity contribution >= 4 is 5.97 Å². The molecular formula is C25H26O5. The fraction of sp³-hybridized carbons (Fsp3) is 0.240. The predicted octanol–water partition coefficient (Wildman–Crippen LogP) is 4.78. The molecule has 0 saturated carbocycles. The minimum atomic E-state index is -1.56. The Morgan fingerprint density at radius 1 is 0.900 bits per heavy atom. The van der Waals surface area contributed by atoms with E-state index in [-0.39, 0.29) is 0 Å². The Hall–Kier alpha value is -3.31. The van der Waals surface area contributed by atoms with Gasteiger partial charge in [0, 0.05) is 6.07 Å². The minimum Gasteiger partial charge on any atom is -0.489 e. The summed E-state index contributed by atoms with van der Waals surface area (Å²) < 4.78 is 17.2. The molecular weight excluding hydrogens is 380 g/mol. The van der Waals surface area contributed by atoms with Crippen LogP contribution in [0.4, 0.5) is 0 Å². The van der Waals surface area contributed by atoms with Crippen molar-refractivity contribution in [2.75, 3.05) is 0 Å². The first-order chi connectivity index (χ1) is 14.5. The number of aliphatic hydroxyl groups is 1. The van der Waals surface area contributed by atoms with Gasteiger partial charge in [-0.15, -0.1) is 0 Å². The number of hydrogen-bond donors (Lipinski definition) is 1. The lowest BCUT2D eigenvalue weighted by atomic mass is 9.96. The molecule has 30 heavy (non-hydrogen) atoms. The molecule has 0 aromatic heterocycles. The standard InChI is InChI=1S/C25H26O5/c1-3-23(26)25(2,30-20-13-8-5-9-14-20)24(27)29-22-16-10-15-21(17-22)28-18-19-11-6-4-7-12-19/h4-17,23,26H,3,18H2,1-2H3. The fourth-order valence-electron chi connectivity index (χ4n) is 2.95. The van der Waals surface area contributed by atoms with Gasteiger partial charge in [0.1, 0.15) is 30.0 Å². The van der Waals surface area contributed by atoms with Gasteiger partial charge < -0.3 is 19.3 Å². The van der Waals surface area contributed by atoms with Crippen molar-refractivity contribution in [3.05, 3.63) is 90.5 Å². The summed E-state index contributed by atoms with van der Waals surface area (Å²) in [5, 5.41) is 10.5. The predicted molar refractivity (Wildman–Crippen MR) is 115 cm³/mol. The summed E-state index contributed by atoms with van der Waals surface area (Å²) in [5.41, 5.74) is -0.522. The van der Waals surface area contributed by atoms with Crippen LogP contribution in [0.25, 0.3) is 0 Å². The quantitative estimate of drug-likeness (QED) is 0.409. The van der Waals surface area contributed by atoms with Crippen LogP contribution in [-0.4, -0.2) is 22.8 Å². The summed E-state index contributed by atoms with van der Waals surface area (Å²) in [4.78, 5) is 13.0. The number of carbonyl (C=O) groups is 1. The molecule has 0 radical (unpaired) electrons. The van der Waals surface area contributed by atoms with Crippen LogP contribution in [0.2, 0.25) is 0 Å². The second-order valence-corrected chi connectivity index (χ2v) is 7.08. The summed E-state index contributed by atoms with van der Waals surface area (Å²) >= 11 is 0. The molecule has 0 spiro atoms. The van der Waals surface area contributed by atoms with E-state index in [0.717, 1.165) is 5.56 Å². The molecule has 0 aliphatic carbocycles. The number of rotatable bonds is 9. The van der Waals surface area contributed by atoms with Crippen LogP contribution < -0.4 is 14.2 Å². The fourth-order valence-corrected chi connectivity index (χ4v) is 2.95. The SMILES string of the molecule is CCC(O)C(C)(Oc1ccccc1)C(=O)Oc1cccc(OCc2ccccc2)c1. The maximum Gasteiger partial charge on any atom is 0.358 e. The van der Waals surface area contributed by atoms with Gasteiger partial charge in [0.15, 0.2) is 0 Å². The van der Waals surface area contributed by atoms with Crippen molar-refractivity contribution in [2.45, 2.75) is 38.6 Å². The molecule has 0 heterocycles. The van der Waals surface area contributed by atoms with E-state index < -0.39 is 17.7 Å². The minimum absolute atomic E-state index is 0.316. The second kappa shape index (κ2) is 9.94. The number of aliphatic hydroxyl groups excluding tert-OH is 1. The molecule has 0 bridgehead atoms. The molecule has 1 N–H and O–H groups in total. The molecule has 3 aromatic rings. The Labute approximate surface area is 176 Å². The van der Waals surface area contributed by atoms with E-state index in [1.807, 2.05) is 36.4 Å². The van der Waals surface area contributed by atoms with Crippen LogP contribution in [0.15, 0.2) is 84.9 Å². The molecule has 5 heteroatoms. The molecule has 0 fully saturated rings. The van der Waals surface area contributed by atoms with Gasteiger partial charge in [-0.05, 0) is 43.2 Å². The number of carbonyl (C=O) groups excluding carboxylic acids is 1. The van der Waals surface area contributed by atoms with Crippen molar-refractivity contribution in [3.8, 4) is 17.2 Å². The molecule has 0 saturated heterocycles. The maximum atomic E-state index is 13.0. The monoisotopic (exact) mass is 406 g/mol. The van der Waals surface area contributed by atoms with E-state index in [1.54, 1.807) is 55.5 Å². The van der Waals surface area contributed by atoms with Crippen LogP contribution in [0.3, 0.4) is 0 Å². The van der Waals surface area contributed by atoms with Gasteiger partial charge in [-0.25, -0.2) is 4.79 Å². The Balaban J connectivity index is 1.72. The highest BCUT2D eigenvalue weighted by Crippen LogP contribution is 2.27. The third-order valence-corrected chi connectivity index (χ3v) is 4.77. The Morgan fingerprint density at radius 2 is 1.50 bits per heavy atom. The molecule has 2 unspecified atom stereocenters. The van der Waals surface area contributed by atoms with Crippen LogP contribution in [0, 0.1) is 0 Å². The van der Waals surface area contributed by atoms with E-state index in [2.05, 4.69) is 0 Å². The number of hydrogen-bond acceptors (Lipinski definition) is 5. The molecule has 0 amide bonds. The van der Waals surface area contributed by atoms with Gasteiger partial charge in [0.25, 0.3) is 0 Å². The van der Waals surface area contributed by atoms with Crippen LogP contribution >= 0.6 is 0 Å². The normalized spacial score (nSPS) is 13.7. The van der Waals surface area contributed by atoms with Gasteiger partial charge in [-0.1, -0.05) is 61.5 Å². The molecule has 5 nitrogen and oxygen atoms in total. The number of esters is 1. The van der Waals surface area contributed by atoms with Gasteiger partial charge in [0.2, 0.25) is 5.60 Å². The first-order valence-electron chi connectivity index (χ1n) is 9.92. The zero-order valence-electron chi connectivity index (χ0n) is 17.2. The molecule has 3 rings (SSSR count). The summed E-state index contributed by atoms with van der Waals surface area (Å²) in [5.74, 6) is 0.688. The molecule has 156 valence electrons. The van der Waals surface area contributed by atoms with Crippen molar-refractivity contribution in [3.63, 3.8) is 0 Å². The average molecular weight is 406 g/mol. The highest BCUT2D eigenvalue weighted by molar-refractivity contribution is 5.82. The average Bonchev–Trinajstić information content (AvgIpc) is 2.78. The third kappa shape index (κ3) is 5.39. The Kier molecular flexibility index (Phi) is 7.09. The van der Waals surface area contributed by atoms with Crippen molar-refractivity contribution in [2.24, 2.45) is 0 Å². The van der Waals surface area contributed by atoms with Crippen LogP contribution in [-0.2, 0) is 11.4 Å². The van der Waals surface area contributed by atoms with Crippen molar-refractivity contribution < 1.29 is 24.1 Å². The first kappa shape index (κ1) is 21.4. The van der Waals surface area contributed by atoms with E-state index >= 15 is 0 Å². The molecule has 0 aliphatic heterocycles. The van der Waals surface area contributed by atoms with Gasteiger partial charge in [-0.2, -0.15) is 0 Å². The maximum absolute atomic E-state index is 13.0. The van der Waals surface area contributed by atoms with E-state index in [1.165, 1.54) is 6.92 Å². The topological polar surface area (TPSA) is 65.0 Å². The van der Waals surface area contributed by atoms with Crippen LogP contribution in [0.1, 0.15) is 25.8 Å². The number of benzene rings is 3. The summed E-state index contributed by atoms with van der Waals surface area (Å²) in [6.45, 7) is 3.72. The largest absolute Gasteiger partial charge is 0.489 e. The second-order valence-electron chi connectivity index (χ2n) is 7.08. The van der Waals surface area contributed by atoms with Gasteiger partial charge in [0.05, 0.1) is 0 Å². The molecule has 0 aliphatic rings. The van der Waals surface area contributed by atoms with Crippen molar-refractivity contribution in [1.29, 1.82) is 0 Å².